The number of sulfonamides is 1. The summed E-state index contributed by atoms with van der Waals surface area (Å²) < 4.78 is 26.4. The molecule has 1 amide bonds. The molecule has 0 bridgehead atoms. The summed E-state index contributed by atoms with van der Waals surface area (Å²) in [4.78, 5) is 27.5. The van der Waals surface area contributed by atoms with E-state index in [4.69, 9.17) is 0 Å². The average Bonchev–Trinajstić information content (AvgIpc) is 2.77. The zero-order valence-electron chi connectivity index (χ0n) is 12.2. The van der Waals surface area contributed by atoms with Crippen molar-refractivity contribution in [1.82, 2.24) is 9.71 Å². The van der Waals surface area contributed by atoms with Crippen LogP contribution in [0, 0.1) is 13.8 Å². The van der Waals surface area contributed by atoms with Gasteiger partial charge in [-0.1, -0.05) is 12.1 Å². The third kappa shape index (κ3) is 3.40. The van der Waals surface area contributed by atoms with Gasteiger partial charge in [0.25, 0.3) is 15.9 Å². The van der Waals surface area contributed by atoms with Gasteiger partial charge in [-0.2, -0.15) is 0 Å². The lowest BCUT2D eigenvalue weighted by Crippen LogP contribution is -2.30. The number of aryl methyl sites for hydroxylation is 2. The van der Waals surface area contributed by atoms with Crippen molar-refractivity contribution in [3.8, 4) is 0 Å². The van der Waals surface area contributed by atoms with Gasteiger partial charge < -0.3 is 0 Å². The molecule has 0 saturated carbocycles. The van der Waals surface area contributed by atoms with Crippen LogP contribution in [0.25, 0.3) is 0 Å². The summed E-state index contributed by atoms with van der Waals surface area (Å²) in [5.41, 5.74) is 0.890. The van der Waals surface area contributed by atoms with Crippen molar-refractivity contribution in [3.63, 3.8) is 0 Å². The second-order valence-electron chi connectivity index (χ2n) is 4.66. The largest absolute Gasteiger partial charge is 0.295 e. The molecule has 8 heteroatoms. The topological polar surface area (TPSA) is 93.2 Å². The van der Waals surface area contributed by atoms with Crippen molar-refractivity contribution in [2.75, 3.05) is 0 Å². The van der Waals surface area contributed by atoms with E-state index in [1.807, 2.05) is 4.72 Å². The van der Waals surface area contributed by atoms with Crippen LogP contribution in [0.15, 0.2) is 29.2 Å². The van der Waals surface area contributed by atoms with Crippen LogP contribution in [-0.4, -0.2) is 25.1 Å². The first kappa shape index (κ1) is 16.3. The van der Waals surface area contributed by atoms with Gasteiger partial charge >= 0.3 is 0 Å². The summed E-state index contributed by atoms with van der Waals surface area (Å²) >= 11 is 1.13. The zero-order valence-corrected chi connectivity index (χ0v) is 13.8. The lowest BCUT2D eigenvalue weighted by atomic mass is 10.2. The van der Waals surface area contributed by atoms with Crippen LogP contribution in [-0.2, 0) is 10.0 Å². The van der Waals surface area contributed by atoms with E-state index in [0.717, 1.165) is 11.3 Å². The van der Waals surface area contributed by atoms with E-state index in [1.54, 1.807) is 13.8 Å². The normalized spacial score (nSPS) is 11.2. The van der Waals surface area contributed by atoms with Gasteiger partial charge in [-0.25, -0.2) is 18.1 Å². The number of aromatic nitrogens is 1. The van der Waals surface area contributed by atoms with Crippen LogP contribution in [0.4, 0.5) is 0 Å². The molecule has 0 aliphatic carbocycles. The van der Waals surface area contributed by atoms with E-state index in [9.17, 15) is 18.0 Å². The smallest absolute Gasteiger partial charge is 0.276 e. The van der Waals surface area contributed by atoms with Crippen molar-refractivity contribution in [2.45, 2.75) is 25.7 Å². The van der Waals surface area contributed by atoms with Crippen molar-refractivity contribution in [3.05, 3.63) is 45.4 Å². The fourth-order valence-electron chi connectivity index (χ4n) is 1.84. The number of carbonyl (C=O) groups excluding carboxylic acids is 2. The number of rotatable bonds is 4. The summed E-state index contributed by atoms with van der Waals surface area (Å²) in [6.45, 7) is 4.77. The van der Waals surface area contributed by atoms with Crippen LogP contribution in [0.5, 0.6) is 0 Å². The molecule has 0 atom stereocenters. The summed E-state index contributed by atoms with van der Waals surface area (Å²) in [5.74, 6) is -0.873. The van der Waals surface area contributed by atoms with Crippen LogP contribution in [0.2, 0.25) is 0 Å². The van der Waals surface area contributed by atoms with E-state index < -0.39 is 15.9 Å². The Morgan fingerprint density at radius 1 is 1.14 bits per heavy atom. The van der Waals surface area contributed by atoms with Crippen molar-refractivity contribution in [1.29, 1.82) is 0 Å². The fraction of sp³-hybridized carbons (Fsp3) is 0.214. The van der Waals surface area contributed by atoms with Gasteiger partial charge in [0.2, 0.25) is 0 Å². The van der Waals surface area contributed by atoms with Gasteiger partial charge in [-0.15, -0.1) is 11.3 Å². The van der Waals surface area contributed by atoms with Gasteiger partial charge in [-0.05, 0) is 32.9 Å². The van der Waals surface area contributed by atoms with Gasteiger partial charge in [0.1, 0.15) is 4.88 Å². The Hall–Kier alpha value is -2.06. The van der Waals surface area contributed by atoms with Crippen molar-refractivity contribution >= 4 is 33.1 Å². The summed E-state index contributed by atoms with van der Waals surface area (Å²) in [7, 11) is -3.99. The quantitative estimate of drug-likeness (QED) is 0.862. The highest BCUT2D eigenvalue weighted by Crippen LogP contribution is 2.18. The number of nitrogens with one attached hydrogen (secondary N) is 1. The highest BCUT2D eigenvalue weighted by molar-refractivity contribution is 7.90. The van der Waals surface area contributed by atoms with Crippen LogP contribution in [0.1, 0.15) is 37.7 Å². The summed E-state index contributed by atoms with van der Waals surface area (Å²) in [6, 6.07) is 5.39. The fourth-order valence-corrected chi connectivity index (χ4v) is 3.68. The number of thiazole rings is 1. The van der Waals surface area contributed by atoms with Crippen molar-refractivity contribution in [2.24, 2.45) is 0 Å². The average molecular weight is 338 g/mol. The Kier molecular flexibility index (Phi) is 4.43. The Balaban J connectivity index is 2.25. The SMILES string of the molecule is CC(=O)c1ccc(S(=O)(=O)NC(=O)c2sc(C)nc2C)cc1. The first-order valence-electron chi connectivity index (χ1n) is 6.33. The van der Waals surface area contributed by atoms with E-state index >= 15 is 0 Å². The molecule has 2 aromatic rings. The number of Topliss-reactive ketones (excluding diaryl/α,β-unsaturated/α-hetero) is 1. The number of hydrogen-bond acceptors (Lipinski definition) is 6. The first-order chi connectivity index (χ1) is 10.2. The van der Waals surface area contributed by atoms with Crippen molar-refractivity contribution < 1.29 is 18.0 Å². The zero-order chi connectivity index (χ0) is 16.5. The maximum Gasteiger partial charge on any atom is 0.276 e. The van der Waals surface area contributed by atoms with Crippen LogP contribution >= 0.6 is 11.3 Å². The lowest BCUT2D eigenvalue weighted by Gasteiger charge is -2.06. The third-order valence-electron chi connectivity index (χ3n) is 2.91. The molecule has 0 saturated heterocycles. The lowest BCUT2D eigenvalue weighted by molar-refractivity contribution is 0.0982. The molecule has 1 heterocycles. The number of amides is 1. The number of nitrogens with zero attached hydrogens (tertiary/aromatic N) is 1. The van der Waals surface area contributed by atoms with E-state index in [1.165, 1.54) is 31.2 Å². The Bertz CT molecular complexity index is 836. The van der Waals surface area contributed by atoms with Gasteiger partial charge in [-0.3, -0.25) is 9.59 Å². The molecular weight excluding hydrogens is 324 g/mol. The molecule has 22 heavy (non-hydrogen) atoms. The molecular formula is C14H14N2O4S2. The molecule has 1 N–H and O–H groups in total. The molecule has 0 spiro atoms. The first-order valence-corrected chi connectivity index (χ1v) is 8.63. The molecule has 1 aromatic heterocycles. The monoisotopic (exact) mass is 338 g/mol. The minimum absolute atomic E-state index is 0.0789. The number of ketones is 1. The van der Waals surface area contributed by atoms with E-state index in [-0.39, 0.29) is 15.6 Å². The molecule has 1 aromatic carbocycles. The molecule has 116 valence electrons. The van der Waals surface area contributed by atoms with Crippen LogP contribution < -0.4 is 4.72 Å². The Morgan fingerprint density at radius 2 is 1.73 bits per heavy atom. The Labute approximate surface area is 132 Å². The van der Waals surface area contributed by atoms with Crippen LogP contribution in [0.3, 0.4) is 0 Å². The third-order valence-corrected chi connectivity index (χ3v) is 5.33. The van der Waals surface area contributed by atoms with Gasteiger partial charge in [0.15, 0.2) is 5.78 Å². The minimum atomic E-state index is -3.99. The molecule has 0 unspecified atom stereocenters. The van der Waals surface area contributed by atoms with Gasteiger partial charge in [0, 0.05) is 5.56 Å². The highest BCUT2D eigenvalue weighted by Gasteiger charge is 2.22. The second-order valence-corrected chi connectivity index (χ2v) is 7.55. The number of hydrogen-bond donors (Lipinski definition) is 1. The second kappa shape index (κ2) is 5.98. The summed E-state index contributed by atoms with van der Waals surface area (Å²) in [6.07, 6.45) is 0. The number of carbonyl (C=O) groups is 2. The minimum Gasteiger partial charge on any atom is -0.295 e. The molecule has 0 aliphatic heterocycles. The summed E-state index contributed by atoms with van der Waals surface area (Å²) in [5, 5.41) is 0.686. The predicted molar refractivity (Wildman–Crippen MR) is 82.7 cm³/mol. The van der Waals surface area contributed by atoms with Gasteiger partial charge in [0.05, 0.1) is 15.6 Å². The molecule has 0 fully saturated rings. The molecule has 2 rings (SSSR count). The maximum atomic E-state index is 12.2. The highest BCUT2D eigenvalue weighted by atomic mass is 32.2. The number of benzene rings is 1. The predicted octanol–water partition coefficient (Wildman–Crippen LogP) is 2.08. The molecule has 6 nitrogen and oxygen atoms in total. The molecule has 0 radical (unpaired) electrons. The molecule has 0 aliphatic rings. The standard InChI is InChI=1S/C14H14N2O4S2/c1-8-13(21-10(3)15-8)14(18)16-22(19,20)12-6-4-11(5-7-12)9(2)17/h4-7H,1-3H3,(H,16,18). The maximum absolute atomic E-state index is 12.2. The van der Waals surface area contributed by atoms with E-state index in [0.29, 0.717) is 16.3 Å². The van der Waals surface area contributed by atoms with E-state index in [2.05, 4.69) is 4.98 Å². The Morgan fingerprint density at radius 3 is 2.18 bits per heavy atom.